The third kappa shape index (κ3) is 4.47. The van der Waals surface area contributed by atoms with Gasteiger partial charge in [-0.05, 0) is 42.2 Å². The minimum Gasteiger partial charge on any atom is -0.505 e. The van der Waals surface area contributed by atoms with Crippen LogP contribution in [0.15, 0.2) is 30.3 Å². The molecule has 1 aromatic heterocycles. The van der Waals surface area contributed by atoms with Crippen LogP contribution in [0.5, 0.6) is 5.75 Å². The van der Waals surface area contributed by atoms with Crippen LogP contribution in [-0.4, -0.2) is 38.6 Å². The maximum Gasteiger partial charge on any atom is 0.323 e. The summed E-state index contributed by atoms with van der Waals surface area (Å²) in [5, 5.41) is 20.3. The van der Waals surface area contributed by atoms with Gasteiger partial charge in [-0.2, -0.15) is 0 Å². The van der Waals surface area contributed by atoms with Crippen molar-refractivity contribution in [1.82, 2.24) is 20.4 Å². The van der Waals surface area contributed by atoms with Crippen molar-refractivity contribution in [2.75, 3.05) is 6.61 Å². The normalized spacial score (nSPS) is 12.6. The lowest BCUT2D eigenvalue weighted by molar-refractivity contribution is -0.148. The molecule has 10 heteroatoms. The van der Waals surface area contributed by atoms with E-state index in [9.17, 15) is 14.7 Å². The number of nitrogens with zero attached hydrogens (tertiary/aromatic N) is 3. The first kappa shape index (κ1) is 22.5. The van der Waals surface area contributed by atoms with Crippen molar-refractivity contribution in [3.8, 4) is 11.4 Å². The first-order valence-electron chi connectivity index (χ1n) is 9.64. The lowest BCUT2D eigenvalue weighted by Gasteiger charge is -2.24. The van der Waals surface area contributed by atoms with Gasteiger partial charge in [0.05, 0.1) is 6.61 Å². The lowest BCUT2D eigenvalue weighted by atomic mass is 9.83. The summed E-state index contributed by atoms with van der Waals surface area (Å²) < 4.78 is 5.07. The summed E-state index contributed by atoms with van der Waals surface area (Å²) in [6.07, 6.45) is 0. The van der Waals surface area contributed by atoms with Crippen molar-refractivity contribution in [2.45, 2.75) is 39.0 Å². The topological polar surface area (TPSA) is 132 Å². The highest BCUT2D eigenvalue weighted by molar-refractivity contribution is 6.31. The van der Waals surface area contributed by atoms with Crippen molar-refractivity contribution in [1.29, 1.82) is 0 Å². The number of esters is 1. The molecule has 0 aliphatic heterocycles. The fraction of sp³-hybridized carbons (Fsp3) is 0.333. The maximum absolute atomic E-state index is 12.6. The van der Waals surface area contributed by atoms with Gasteiger partial charge in [-0.15, -0.1) is 15.0 Å². The van der Waals surface area contributed by atoms with Gasteiger partial charge in [0.1, 0.15) is 22.5 Å². The highest BCUT2D eigenvalue weighted by Crippen LogP contribution is 2.38. The zero-order valence-electron chi connectivity index (χ0n) is 17.6. The van der Waals surface area contributed by atoms with Gasteiger partial charge in [0, 0.05) is 10.6 Å². The molecule has 0 saturated carbocycles. The van der Waals surface area contributed by atoms with Crippen LogP contribution in [0.4, 0.5) is 0 Å². The van der Waals surface area contributed by atoms with Gasteiger partial charge >= 0.3 is 5.97 Å². The number of aromatic nitrogens is 3. The molecule has 0 bridgehead atoms. The van der Waals surface area contributed by atoms with E-state index < -0.39 is 23.2 Å². The molecule has 31 heavy (non-hydrogen) atoms. The zero-order chi connectivity index (χ0) is 22.9. The van der Waals surface area contributed by atoms with Gasteiger partial charge in [0.25, 0.3) is 5.91 Å². The van der Waals surface area contributed by atoms with Gasteiger partial charge in [0.2, 0.25) is 0 Å². The molecule has 1 unspecified atom stereocenters. The molecule has 4 N–H and O–H groups in total. The van der Waals surface area contributed by atoms with Crippen LogP contribution in [-0.2, 0) is 19.7 Å². The number of nitrogens with one attached hydrogen (secondary N) is 1. The summed E-state index contributed by atoms with van der Waals surface area (Å²) in [6, 6.07) is 8.10. The number of phenolic OH excluding ortho intramolecular Hbond substituents is 1. The van der Waals surface area contributed by atoms with E-state index in [1.807, 2.05) is 26.2 Å². The first-order chi connectivity index (χ1) is 14.6. The summed E-state index contributed by atoms with van der Waals surface area (Å²) in [6.45, 7) is 7.42. The SMILES string of the molecule is CCOC(=O)C(C(=O)NN)c1cc(-n2nc3ccc(Cl)cc3n2)c(O)c(C(C)(C)C)c1. The molecule has 1 atom stereocenters. The third-order valence-electron chi connectivity index (χ3n) is 4.74. The Bertz CT molecular complexity index is 1150. The Hall–Kier alpha value is -3.17. The number of rotatable bonds is 5. The number of carbonyl (C=O) groups excluding carboxylic acids is 2. The van der Waals surface area contributed by atoms with Crippen LogP contribution in [0.2, 0.25) is 5.02 Å². The second-order valence-corrected chi connectivity index (χ2v) is 8.44. The van der Waals surface area contributed by atoms with Crippen LogP contribution < -0.4 is 11.3 Å². The van der Waals surface area contributed by atoms with Crippen molar-refractivity contribution in [2.24, 2.45) is 5.84 Å². The molecule has 0 radical (unpaired) electrons. The Morgan fingerprint density at radius 1 is 1.23 bits per heavy atom. The zero-order valence-corrected chi connectivity index (χ0v) is 18.4. The van der Waals surface area contributed by atoms with E-state index in [4.69, 9.17) is 22.2 Å². The van der Waals surface area contributed by atoms with Gasteiger partial charge in [-0.25, -0.2) is 5.84 Å². The number of aromatic hydroxyl groups is 1. The standard InChI is InChI=1S/C21H24ClN5O4/c1-5-31-20(30)17(19(29)24-23)11-8-13(21(2,3)4)18(28)16(9-11)27-25-14-7-6-12(22)10-15(14)26-27/h6-10,17,28H,5,23H2,1-4H3,(H,24,29). The number of amides is 1. The highest BCUT2D eigenvalue weighted by atomic mass is 35.5. The molecule has 0 spiro atoms. The Labute approximate surface area is 184 Å². The molecule has 0 aliphatic rings. The van der Waals surface area contributed by atoms with E-state index in [1.54, 1.807) is 31.2 Å². The number of phenols is 1. The van der Waals surface area contributed by atoms with Crippen molar-refractivity contribution >= 4 is 34.5 Å². The molecule has 164 valence electrons. The van der Waals surface area contributed by atoms with E-state index in [1.165, 1.54) is 10.9 Å². The predicted molar refractivity (Wildman–Crippen MR) is 116 cm³/mol. The number of halogens is 1. The predicted octanol–water partition coefficient (Wildman–Crippen LogP) is 2.71. The van der Waals surface area contributed by atoms with Gasteiger partial charge in [-0.3, -0.25) is 15.0 Å². The van der Waals surface area contributed by atoms with Gasteiger partial charge in [0.15, 0.2) is 5.92 Å². The van der Waals surface area contributed by atoms with E-state index in [-0.39, 0.29) is 18.0 Å². The van der Waals surface area contributed by atoms with E-state index in [2.05, 4.69) is 10.2 Å². The van der Waals surface area contributed by atoms with E-state index in [0.717, 1.165) is 0 Å². The number of carbonyl (C=O) groups is 2. The minimum absolute atomic E-state index is 0.0709. The van der Waals surface area contributed by atoms with Crippen LogP contribution in [0.1, 0.15) is 44.7 Å². The maximum atomic E-state index is 12.6. The number of hydrogen-bond donors (Lipinski definition) is 3. The molecule has 0 aliphatic carbocycles. The van der Waals surface area contributed by atoms with Crippen molar-refractivity contribution < 1.29 is 19.4 Å². The first-order valence-corrected chi connectivity index (χ1v) is 10.0. The third-order valence-corrected chi connectivity index (χ3v) is 4.97. The molecule has 0 saturated heterocycles. The summed E-state index contributed by atoms with van der Waals surface area (Å²) in [7, 11) is 0. The van der Waals surface area contributed by atoms with Crippen molar-refractivity contribution in [3.05, 3.63) is 46.5 Å². The average Bonchev–Trinajstić information content (AvgIpc) is 3.11. The number of fused-ring (bicyclic) bond motifs is 1. The summed E-state index contributed by atoms with van der Waals surface area (Å²) in [5.41, 5.74) is 3.56. The Balaban J connectivity index is 2.27. The molecule has 9 nitrogen and oxygen atoms in total. The molecule has 1 heterocycles. The second kappa shape index (κ2) is 8.52. The number of hydrazine groups is 1. The second-order valence-electron chi connectivity index (χ2n) is 8.00. The molecule has 0 fully saturated rings. The Kier molecular flexibility index (Phi) is 6.19. The molecule has 3 aromatic rings. The molecular formula is C21H24ClN5O4. The molecular weight excluding hydrogens is 422 g/mol. The van der Waals surface area contributed by atoms with Crippen LogP contribution >= 0.6 is 11.6 Å². The van der Waals surface area contributed by atoms with E-state index in [0.29, 0.717) is 27.2 Å². The van der Waals surface area contributed by atoms with Crippen LogP contribution in [0.25, 0.3) is 16.7 Å². The molecule has 2 aromatic carbocycles. The van der Waals surface area contributed by atoms with Crippen LogP contribution in [0, 0.1) is 0 Å². The Morgan fingerprint density at radius 3 is 2.52 bits per heavy atom. The van der Waals surface area contributed by atoms with Gasteiger partial charge in [-0.1, -0.05) is 38.4 Å². The summed E-state index contributed by atoms with van der Waals surface area (Å²) in [5.74, 6) is 2.42. The largest absolute Gasteiger partial charge is 0.505 e. The summed E-state index contributed by atoms with van der Waals surface area (Å²) >= 11 is 6.04. The quantitative estimate of drug-likeness (QED) is 0.181. The fourth-order valence-corrected chi connectivity index (χ4v) is 3.40. The number of hydrogen-bond acceptors (Lipinski definition) is 7. The molecule has 1 amide bonds. The smallest absolute Gasteiger partial charge is 0.323 e. The van der Waals surface area contributed by atoms with Crippen LogP contribution in [0.3, 0.4) is 0 Å². The highest BCUT2D eigenvalue weighted by Gasteiger charge is 2.33. The molecule has 3 rings (SSSR count). The monoisotopic (exact) mass is 445 g/mol. The number of benzene rings is 2. The Morgan fingerprint density at radius 2 is 1.90 bits per heavy atom. The van der Waals surface area contributed by atoms with Gasteiger partial charge < -0.3 is 9.84 Å². The summed E-state index contributed by atoms with van der Waals surface area (Å²) in [4.78, 5) is 26.3. The van der Waals surface area contributed by atoms with E-state index >= 15 is 0 Å². The average molecular weight is 446 g/mol. The lowest BCUT2D eigenvalue weighted by Crippen LogP contribution is -2.39. The minimum atomic E-state index is -1.33. The fourth-order valence-electron chi connectivity index (χ4n) is 3.23. The number of ether oxygens (including phenoxy) is 1. The number of nitrogens with two attached hydrogens (primary N) is 1. The van der Waals surface area contributed by atoms with Crippen molar-refractivity contribution in [3.63, 3.8) is 0 Å².